The SMILES string of the molecule is Cc1nn(C)c(CN(CC(=O)O)CC(C)C)c1Cl. The van der Waals surface area contributed by atoms with Crippen LogP contribution in [-0.4, -0.2) is 38.8 Å². The van der Waals surface area contributed by atoms with E-state index in [0.717, 1.165) is 11.4 Å². The summed E-state index contributed by atoms with van der Waals surface area (Å²) in [6, 6.07) is 0. The molecule has 0 atom stereocenters. The Morgan fingerprint density at radius 1 is 1.56 bits per heavy atom. The Bertz CT molecular complexity index is 429. The van der Waals surface area contributed by atoms with Crippen molar-refractivity contribution in [1.29, 1.82) is 0 Å². The average Bonchev–Trinajstić information content (AvgIpc) is 2.43. The van der Waals surface area contributed by atoms with Crippen LogP contribution in [-0.2, 0) is 18.4 Å². The number of carboxylic acids is 1. The lowest BCUT2D eigenvalue weighted by atomic mass is 10.2. The lowest BCUT2D eigenvalue weighted by Gasteiger charge is -2.22. The summed E-state index contributed by atoms with van der Waals surface area (Å²) in [4.78, 5) is 12.7. The Morgan fingerprint density at radius 3 is 2.56 bits per heavy atom. The van der Waals surface area contributed by atoms with E-state index in [2.05, 4.69) is 18.9 Å². The van der Waals surface area contributed by atoms with Crippen LogP contribution >= 0.6 is 11.6 Å². The number of aliphatic carboxylic acids is 1. The van der Waals surface area contributed by atoms with Crippen molar-refractivity contribution in [1.82, 2.24) is 14.7 Å². The molecule has 102 valence electrons. The molecule has 1 rings (SSSR count). The lowest BCUT2D eigenvalue weighted by molar-refractivity contribution is -0.138. The maximum Gasteiger partial charge on any atom is 0.317 e. The van der Waals surface area contributed by atoms with Crippen molar-refractivity contribution < 1.29 is 9.90 Å². The van der Waals surface area contributed by atoms with E-state index in [9.17, 15) is 4.79 Å². The molecular formula is C12H20ClN3O2. The van der Waals surface area contributed by atoms with E-state index < -0.39 is 5.97 Å². The van der Waals surface area contributed by atoms with Crippen LogP contribution in [0.4, 0.5) is 0 Å². The number of aryl methyl sites for hydroxylation is 2. The van der Waals surface area contributed by atoms with E-state index in [1.54, 1.807) is 4.68 Å². The summed E-state index contributed by atoms with van der Waals surface area (Å²) in [5.41, 5.74) is 1.63. The second-order valence-electron chi connectivity index (χ2n) is 4.93. The summed E-state index contributed by atoms with van der Waals surface area (Å²) in [7, 11) is 1.82. The fourth-order valence-corrected chi connectivity index (χ4v) is 2.18. The van der Waals surface area contributed by atoms with E-state index in [1.807, 2.05) is 18.9 Å². The molecule has 1 heterocycles. The Morgan fingerprint density at radius 2 is 2.17 bits per heavy atom. The highest BCUT2D eigenvalue weighted by Gasteiger charge is 2.17. The van der Waals surface area contributed by atoms with Gasteiger partial charge in [-0.05, 0) is 12.8 Å². The van der Waals surface area contributed by atoms with Gasteiger partial charge in [0.2, 0.25) is 0 Å². The molecule has 0 bridgehead atoms. The lowest BCUT2D eigenvalue weighted by Crippen LogP contribution is -2.33. The summed E-state index contributed by atoms with van der Waals surface area (Å²) >= 11 is 6.17. The molecule has 1 aromatic heterocycles. The molecule has 0 aliphatic heterocycles. The Kier molecular flexibility index (Phi) is 5.16. The summed E-state index contributed by atoms with van der Waals surface area (Å²) in [6.45, 7) is 7.19. The quantitative estimate of drug-likeness (QED) is 0.860. The molecule has 1 N–H and O–H groups in total. The topological polar surface area (TPSA) is 58.4 Å². The van der Waals surface area contributed by atoms with Crippen LogP contribution in [0.5, 0.6) is 0 Å². The van der Waals surface area contributed by atoms with Crippen LogP contribution in [0.25, 0.3) is 0 Å². The van der Waals surface area contributed by atoms with Gasteiger partial charge in [0.1, 0.15) is 0 Å². The summed E-state index contributed by atoms with van der Waals surface area (Å²) < 4.78 is 1.72. The Balaban J connectivity index is 2.84. The van der Waals surface area contributed by atoms with Gasteiger partial charge in [0.15, 0.2) is 0 Å². The predicted octanol–water partition coefficient (Wildman–Crippen LogP) is 1.92. The third-order valence-electron chi connectivity index (χ3n) is 2.62. The van der Waals surface area contributed by atoms with E-state index in [1.165, 1.54) is 0 Å². The van der Waals surface area contributed by atoms with Crippen molar-refractivity contribution in [3.63, 3.8) is 0 Å². The number of nitrogens with zero attached hydrogens (tertiary/aromatic N) is 3. The predicted molar refractivity (Wildman–Crippen MR) is 70.7 cm³/mol. The van der Waals surface area contributed by atoms with Gasteiger partial charge in [-0.1, -0.05) is 25.4 Å². The van der Waals surface area contributed by atoms with Gasteiger partial charge in [-0.2, -0.15) is 5.10 Å². The van der Waals surface area contributed by atoms with Crippen molar-refractivity contribution in [2.45, 2.75) is 27.3 Å². The first-order valence-electron chi connectivity index (χ1n) is 5.93. The second kappa shape index (κ2) is 6.20. The van der Waals surface area contributed by atoms with Crippen molar-refractivity contribution in [3.05, 3.63) is 16.4 Å². The van der Waals surface area contributed by atoms with Crippen molar-refractivity contribution in [3.8, 4) is 0 Å². The second-order valence-corrected chi connectivity index (χ2v) is 5.30. The Labute approximate surface area is 112 Å². The fraction of sp³-hybridized carbons (Fsp3) is 0.667. The van der Waals surface area contributed by atoms with E-state index in [-0.39, 0.29) is 6.54 Å². The molecule has 18 heavy (non-hydrogen) atoms. The molecule has 0 radical (unpaired) electrons. The molecule has 0 aliphatic carbocycles. The smallest absolute Gasteiger partial charge is 0.317 e. The van der Waals surface area contributed by atoms with Crippen LogP contribution in [0.2, 0.25) is 5.02 Å². The van der Waals surface area contributed by atoms with Crippen LogP contribution < -0.4 is 0 Å². The summed E-state index contributed by atoms with van der Waals surface area (Å²) in [6.07, 6.45) is 0. The standard InChI is InChI=1S/C12H20ClN3O2/c1-8(2)5-16(7-11(17)18)6-10-12(13)9(3)14-15(10)4/h8H,5-7H2,1-4H3,(H,17,18). The molecule has 0 fully saturated rings. The van der Waals surface area contributed by atoms with E-state index in [0.29, 0.717) is 24.0 Å². The van der Waals surface area contributed by atoms with Gasteiger partial charge in [-0.3, -0.25) is 14.4 Å². The molecule has 0 aromatic carbocycles. The highest BCUT2D eigenvalue weighted by Crippen LogP contribution is 2.21. The van der Waals surface area contributed by atoms with Gasteiger partial charge in [0.05, 0.1) is 23.0 Å². The number of carbonyl (C=O) groups is 1. The summed E-state index contributed by atoms with van der Waals surface area (Å²) in [5.74, 6) is -0.428. The maximum atomic E-state index is 10.9. The molecule has 0 amide bonds. The minimum atomic E-state index is -0.828. The van der Waals surface area contributed by atoms with Gasteiger partial charge in [-0.15, -0.1) is 0 Å². The zero-order valence-corrected chi connectivity index (χ0v) is 12.0. The highest BCUT2D eigenvalue weighted by atomic mass is 35.5. The molecule has 0 spiro atoms. The Hall–Kier alpha value is -1.07. The first-order valence-corrected chi connectivity index (χ1v) is 6.31. The van der Waals surface area contributed by atoms with E-state index >= 15 is 0 Å². The molecule has 0 saturated carbocycles. The number of hydrogen-bond donors (Lipinski definition) is 1. The fourth-order valence-electron chi connectivity index (χ4n) is 1.96. The van der Waals surface area contributed by atoms with E-state index in [4.69, 9.17) is 16.7 Å². The van der Waals surface area contributed by atoms with Gasteiger partial charge < -0.3 is 5.11 Å². The third kappa shape index (κ3) is 3.99. The third-order valence-corrected chi connectivity index (χ3v) is 3.11. The van der Waals surface area contributed by atoms with Crippen molar-refractivity contribution in [2.75, 3.05) is 13.1 Å². The number of hydrogen-bond acceptors (Lipinski definition) is 3. The normalized spacial score (nSPS) is 11.5. The van der Waals surface area contributed by atoms with Gasteiger partial charge in [-0.25, -0.2) is 0 Å². The maximum absolute atomic E-state index is 10.9. The minimum absolute atomic E-state index is 0.0126. The molecule has 6 heteroatoms. The highest BCUT2D eigenvalue weighted by molar-refractivity contribution is 6.31. The largest absolute Gasteiger partial charge is 0.480 e. The van der Waals surface area contributed by atoms with Gasteiger partial charge >= 0.3 is 5.97 Å². The van der Waals surface area contributed by atoms with Crippen molar-refractivity contribution in [2.24, 2.45) is 13.0 Å². The first kappa shape index (κ1) is 15.0. The zero-order chi connectivity index (χ0) is 13.9. The molecule has 0 saturated heterocycles. The van der Waals surface area contributed by atoms with Gasteiger partial charge in [0.25, 0.3) is 0 Å². The summed E-state index contributed by atoms with van der Waals surface area (Å²) in [5, 5.41) is 13.8. The molecule has 5 nitrogen and oxygen atoms in total. The number of rotatable bonds is 6. The van der Waals surface area contributed by atoms with Crippen LogP contribution in [0.3, 0.4) is 0 Å². The molecule has 0 aliphatic rings. The van der Waals surface area contributed by atoms with Crippen LogP contribution in [0.15, 0.2) is 0 Å². The van der Waals surface area contributed by atoms with Crippen molar-refractivity contribution >= 4 is 17.6 Å². The minimum Gasteiger partial charge on any atom is -0.480 e. The number of carboxylic acid groups (broad SMARTS) is 1. The number of aromatic nitrogens is 2. The molecule has 0 unspecified atom stereocenters. The molecule has 1 aromatic rings. The zero-order valence-electron chi connectivity index (χ0n) is 11.3. The van der Waals surface area contributed by atoms with Crippen LogP contribution in [0, 0.1) is 12.8 Å². The van der Waals surface area contributed by atoms with Crippen LogP contribution in [0.1, 0.15) is 25.2 Å². The first-order chi connectivity index (χ1) is 8.31. The van der Waals surface area contributed by atoms with Gasteiger partial charge in [0, 0.05) is 20.1 Å². The number of halogens is 1. The average molecular weight is 274 g/mol. The monoisotopic (exact) mass is 273 g/mol. The molecular weight excluding hydrogens is 254 g/mol.